The molecule has 0 aliphatic carbocycles. The van der Waals surface area contributed by atoms with Crippen molar-refractivity contribution in [2.75, 3.05) is 62.7 Å². The van der Waals surface area contributed by atoms with Crippen LogP contribution in [0.25, 0.3) is 0 Å². The first-order valence-electron chi connectivity index (χ1n) is 15.0. The van der Waals surface area contributed by atoms with Crippen molar-refractivity contribution in [3.8, 4) is 0 Å². The first-order chi connectivity index (χ1) is 20.3. The van der Waals surface area contributed by atoms with Crippen molar-refractivity contribution in [3.63, 3.8) is 0 Å². The number of amides is 2. The van der Waals surface area contributed by atoms with E-state index in [1.54, 1.807) is 17.0 Å². The maximum Gasteiger partial charge on any atom is 0.410 e. The van der Waals surface area contributed by atoms with Crippen LogP contribution in [0.2, 0.25) is 0 Å². The number of nitrogens with two attached hydrogens (primary N) is 1. The molecule has 0 saturated carbocycles. The second kappa shape index (κ2) is 13.5. The van der Waals surface area contributed by atoms with Crippen LogP contribution in [0, 0.1) is 11.6 Å². The lowest BCUT2D eigenvalue weighted by atomic mass is 9.86. The van der Waals surface area contributed by atoms with Crippen LogP contribution in [0.4, 0.5) is 25.0 Å². The van der Waals surface area contributed by atoms with E-state index in [2.05, 4.69) is 22.2 Å². The lowest BCUT2D eigenvalue weighted by molar-refractivity contribution is -0.119. The van der Waals surface area contributed by atoms with Crippen molar-refractivity contribution in [3.05, 3.63) is 58.7 Å². The van der Waals surface area contributed by atoms with Gasteiger partial charge in [0, 0.05) is 71.7 Å². The number of likely N-dealkylation sites (N-methyl/N-ethyl adjacent to an activating group) is 1. The molecule has 43 heavy (non-hydrogen) atoms. The Kier molecular flexibility index (Phi) is 10.2. The Bertz CT molecular complexity index is 1310. The molecule has 2 saturated heterocycles. The molecular formula is C32H46F2N6O3. The summed E-state index contributed by atoms with van der Waals surface area (Å²) in [7, 11) is 2.05. The third kappa shape index (κ3) is 7.94. The van der Waals surface area contributed by atoms with Crippen molar-refractivity contribution >= 4 is 23.4 Å². The summed E-state index contributed by atoms with van der Waals surface area (Å²) in [5.74, 6) is -1.16. The Labute approximate surface area is 253 Å². The molecule has 11 heteroatoms. The number of piperazine rings is 2. The van der Waals surface area contributed by atoms with Crippen LogP contribution >= 0.6 is 0 Å². The monoisotopic (exact) mass is 600 g/mol. The summed E-state index contributed by atoms with van der Waals surface area (Å²) in [5.41, 5.74) is 8.59. The molecule has 0 radical (unpaired) electrons. The first kappa shape index (κ1) is 32.5. The van der Waals surface area contributed by atoms with E-state index in [1.807, 2.05) is 38.7 Å². The molecule has 2 fully saturated rings. The van der Waals surface area contributed by atoms with Crippen LogP contribution in [-0.2, 0) is 22.6 Å². The predicted octanol–water partition coefficient (Wildman–Crippen LogP) is 4.04. The summed E-state index contributed by atoms with van der Waals surface area (Å²) in [6.45, 7) is 13.4. The van der Waals surface area contributed by atoms with Gasteiger partial charge in [-0.15, -0.1) is 0 Å². The van der Waals surface area contributed by atoms with Crippen molar-refractivity contribution in [2.24, 2.45) is 5.73 Å². The second-order valence-corrected chi connectivity index (χ2v) is 12.7. The Morgan fingerprint density at radius 3 is 2.26 bits per heavy atom. The maximum atomic E-state index is 15.4. The van der Waals surface area contributed by atoms with Crippen molar-refractivity contribution in [2.45, 2.75) is 65.3 Å². The van der Waals surface area contributed by atoms with E-state index in [4.69, 9.17) is 10.5 Å². The van der Waals surface area contributed by atoms with E-state index in [0.717, 1.165) is 18.7 Å². The molecule has 9 nitrogen and oxygen atoms in total. The molecule has 2 aliphatic heterocycles. The van der Waals surface area contributed by atoms with Gasteiger partial charge in [0.1, 0.15) is 17.2 Å². The van der Waals surface area contributed by atoms with Crippen molar-refractivity contribution < 1.29 is 23.1 Å². The zero-order valence-corrected chi connectivity index (χ0v) is 26.3. The van der Waals surface area contributed by atoms with Crippen LogP contribution in [0.15, 0.2) is 30.3 Å². The molecule has 236 valence electrons. The largest absolute Gasteiger partial charge is 0.444 e. The Morgan fingerprint density at radius 2 is 1.65 bits per heavy atom. The number of ether oxygens (including phenoxy) is 1. The van der Waals surface area contributed by atoms with E-state index in [-0.39, 0.29) is 30.7 Å². The van der Waals surface area contributed by atoms with E-state index in [0.29, 0.717) is 55.2 Å². The number of halogens is 2. The lowest BCUT2D eigenvalue weighted by Gasteiger charge is -2.45. The van der Waals surface area contributed by atoms with Gasteiger partial charge in [-0.3, -0.25) is 4.79 Å². The van der Waals surface area contributed by atoms with Gasteiger partial charge in [-0.1, -0.05) is 13.0 Å². The highest BCUT2D eigenvalue weighted by Gasteiger charge is 2.38. The molecule has 2 aliphatic rings. The molecule has 0 aromatic heterocycles. The molecule has 2 atom stereocenters. The number of anilines is 2. The van der Waals surface area contributed by atoms with Gasteiger partial charge >= 0.3 is 6.09 Å². The fraction of sp³-hybridized carbons (Fsp3) is 0.562. The fourth-order valence-corrected chi connectivity index (χ4v) is 5.86. The third-order valence-corrected chi connectivity index (χ3v) is 8.28. The van der Waals surface area contributed by atoms with Gasteiger partial charge in [0.15, 0.2) is 0 Å². The third-order valence-electron chi connectivity index (χ3n) is 8.28. The van der Waals surface area contributed by atoms with E-state index in [1.165, 1.54) is 19.1 Å². The van der Waals surface area contributed by atoms with Gasteiger partial charge in [0.05, 0.1) is 17.4 Å². The zero-order chi connectivity index (χ0) is 31.5. The van der Waals surface area contributed by atoms with Gasteiger partial charge in [-0.2, -0.15) is 0 Å². The van der Waals surface area contributed by atoms with Gasteiger partial charge in [0.2, 0.25) is 5.91 Å². The van der Waals surface area contributed by atoms with Crippen LogP contribution in [0.5, 0.6) is 0 Å². The highest BCUT2D eigenvalue weighted by Crippen LogP contribution is 2.35. The standard InChI is InChI=1S/C32H46F2N6O3/c1-21(25-17-29(27(34)16-24(25)18-35)38-11-9-37(6)10-12-38)30-20-39(13-14-40(30)31(42)43-32(3,4)5)28-8-7-23(15-26(28)33)19-36-22(2)41/h7-8,15-17,21,30H,9-14,18-20,35H2,1-6H3,(H,36,41)/t21-,30+/m1/s1. The minimum atomic E-state index is -0.690. The van der Waals surface area contributed by atoms with Gasteiger partial charge in [-0.05, 0) is 68.8 Å². The Morgan fingerprint density at radius 1 is 1.00 bits per heavy atom. The summed E-state index contributed by atoms with van der Waals surface area (Å²) >= 11 is 0. The summed E-state index contributed by atoms with van der Waals surface area (Å²) in [6, 6.07) is 7.94. The van der Waals surface area contributed by atoms with Crippen LogP contribution in [-0.4, -0.2) is 86.3 Å². The minimum Gasteiger partial charge on any atom is -0.444 e. The van der Waals surface area contributed by atoms with Crippen LogP contribution in [0.3, 0.4) is 0 Å². The number of nitrogens with one attached hydrogen (secondary N) is 1. The molecule has 2 aromatic rings. The van der Waals surface area contributed by atoms with Crippen molar-refractivity contribution in [1.82, 2.24) is 15.1 Å². The van der Waals surface area contributed by atoms with Gasteiger partial charge < -0.3 is 35.4 Å². The molecule has 3 N–H and O–H groups in total. The quantitative estimate of drug-likeness (QED) is 0.496. The number of nitrogens with zero attached hydrogens (tertiary/aromatic N) is 4. The molecule has 2 amide bonds. The normalized spacial score (nSPS) is 18.9. The van der Waals surface area contributed by atoms with Crippen molar-refractivity contribution in [1.29, 1.82) is 0 Å². The van der Waals surface area contributed by atoms with Crippen LogP contribution < -0.4 is 20.9 Å². The predicted molar refractivity (Wildman–Crippen MR) is 165 cm³/mol. The first-order valence-corrected chi connectivity index (χ1v) is 15.0. The molecule has 2 aromatic carbocycles. The smallest absolute Gasteiger partial charge is 0.410 e. The fourth-order valence-electron chi connectivity index (χ4n) is 5.86. The maximum absolute atomic E-state index is 15.4. The van der Waals surface area contributed by atoms with Gasteiger partial charge in [0.25, 0.3) is 0 Å². The number of carbonyl (C=O) groups is 2. The minimum absolute atomic E-state index is 0.146. The SMILES string of the molecule is CC(=O)NCc1ccc(N2CCN(C(=O)OC(C)(C)C)[C@H]([C@H](C)c3cc(N4CCN(C)CC4)c(F)cc3CN)C2)c(F)c1. The Balaban J connectivity index is 1.68. The summed E-state index contributed by atoms with van der Waals surface area (Å²) in [4.78, 5) is 32.7. The van der Waals surface area contributed by atoms with E-state index >= 15 is 8.78 Å². The number of carbonyl (C=O) groups excluding carboxylic acids is 2. The number of hydrogen-bond acceptors (Lipinski definition) is 7. The zero-order valence-electron chi connectivity index (χ0n) is 26.3. The summed E-state index contributed by atoms with van der Waals surface area (Å²) < 4.78 is 36.6. The summed E-state index contributed by atoms with van der Waals surface area (Å²) in [5, 5.41) is 2.69. The lowest BCUT2D eigenvalue weighted by Crippen LogP contribution is -2.58. The average molecular weight is 601 g/mol. The second-order valence-electron chi connectivity index (χ2n) is 12.7. The summed E-state index contributed by atoms with van der Waals surface area (Å²) in [6.07, 6.45) is -0.439. The molecule has 2 heterocycles. The topological polar surface area (TPSA) is 94.4 Å². The molecule has 0 unspecified atom stereocenters. The molecular weight excluding hydrogens is 554 g/mol. The number of hydrogen-bond donors (Lipinski definition) is 2. The van der Waals surface area contributed by atoms with Gasteiger partial charge in [-0.25, -0.2) is 13.6 Å². The molecule has 0 bridgehead atoms. The number of benzene rings is 2. The average Bonchev–Trinajstić information content (AvgIpc) is 2.95. The molecule has 4 rings (SSSR count). The highest BCUT2D eigenvalue weighted by atomic mass is 19.1. The highest BCUT2D eigenvalue weighted by molar-refractivity contribution is 5.73. The van der Waals surface area contributed by atoms with E-state index in [9.17, 15) is 9.59 Å². The Hall–Kier alpha value is -3.44. The molecule has 0 spiro atoms. The number of rotatable bonds is 7. The van der Waals surface area contributed by atoms with E-state index < -0.39 is 23.6 Å². The van der Waals surface area contributed by atoms with Crippen LogP contribution in [0.1, 0.15) is 57.2 Å².